The molecule has 0 bridgehead atoms. The fourth-order valence-electron chi connectivity index (χ4n) is 4.19. The van der Waals surface area contributed by atoms with Crippen LogP contribution in [-0.2, 0) is 20.7 Å². The third kappa shape index (κ3) is 3.01. The quantitative estimate of drug-likeness (QED) is 0.842. The van der Waals surface area contributed by atoms with E-state index < -0.39 is 11.4 Å². The SMILES string of the molecule is CCc1cc(N2C[C@@H]3COCC[C@]3(C(=O)O)C2)nc(N2CCOCC2)n1. The Bertz CT molecular complexity index is 679. The molecule has 142 valence electrons. The lowest BCUT2D eigenvalue weighted by Gasteiger charge is -2.34. The van der Waals surface area contributed by atoms with Gasteiger partial charge in [0, 0.05) is 50.5 Å². The molecule has 3 aliphatic heterocycles. The molecule has 1 aromatic heterocycles. The van der Waals surface area contributed by atoms with E-state index in [1.54, 1.807) is 0 Å². The Kier molecular flexibility index (Phi) is 4.71. The lowest BCUT2D eigenvalue weighted by Crippen LogP contribution is -2.44. The van der Waals surface area contributed by atoms with Crippen LogP contribution < -0.4 is 9.80 Å². The Hall–Kier alpha value is -1.93. The van der Waals surface area contributed by atoms with Gasteiger partial charge in [-0.1, -0.05) is 6.92 Å². The second kappa shape index (κ2) is 7.00. The maximum atomic E-state index is 12.0. The van der Waals surface area contributed by atoms with Crippen LogP contribution >= 0.6 is 0 Å². The molecule has 0 aromatic carbocycles. The monoisotopic (exact) mass is 362 g/mol. The highest BCUT2D eigenvalue weighted by atomic mass is 16.5. The number of nitrogens with zero attached hydrogens (tertiary/aromatic N) is 4. The second-order valence-electron chi connectivity index (χ2n) is 7.33. The van der Waals surface area contributed by atoms with Gasteiger partial charge in [0.05, 0.1) is 25.2 Å². The highest BCUT2D eigenvalue weighted by molar-refractivity contribution is 5.77. The van der Waals surface area contributed by atoms with Gasteiger partial charge in [0.2, 0.25) is 5.95 Å². The van der Waals surface area contributed by atoms with Crippen molar-refractivity contribution in [2.45, 2.75) is 19.8 Å². The van der Waals surface area contributed by atoms with E-state index in [0.29, 0.717) is 45.9 Å². The van der Waals surface area contributed by atoms with E-state index in [4.69, 9.17) is 14.5 Å². The molecule has 2 atom stereocenters. The van der Waals surface area contributed by atoms with Crippen LogP contribution in [0, 0.1) is 11.3 Å². The van der Waals surface area contributed by atoms with Gasteiger partial charge in [0.1, 0.15) is 5.82 Å². The number of aryl methyl sites for hydroxylation is 1. The summed E-state index contributed by atoms with van der Waals surface area (Å²) >= 11 is 0. The molecule has 0 unspecified atom stereocenters. The van der Waals surface area contributed by atoms with Crippen LogP contribution in [0.1, 0.15) is 19.0 Å². The molecule has 1 aromatic rings. The summed E-state index contributed by atoms with van der Waals surface area (Å²) in [5.41, 5.74) is 0.251. The fourth-order valence-corrected chi connectivity index (χ4v) is 4.19. The highest BCUT2D eigenvalue weighted by Gasteiger charge is 2.54. The normalized spacial score (nSPS) is 28.9. The standard InChI is InChI=1S/C18H26N4O4/c1-2-14-9-15(20-17(19-14)21-4-7-25-8-5-21)22-10-13-11-26-6-3-18(13,12-22)16(23)24/h9,13H,2-8,10-12H2,1H3,(H,23,24)/t13-,18+/m1/s1. The molecular formula is C18H26N4O4. The maximum absolute atomic E-state index is 12.0. The molecule has 0 spiro atoms. The Morgan fingerprint density at radius 3 is 2.77 bits per heavy atom. The van der Waals surface area contributed by atoms with Crippen LogP contribution in [0.3, 0.4) is 0 Å². The van der Waals surface area contributed by atoms with Gasteiger partial charge >= 0.3 is 5.97 Å². The number of morpholine rings is 1. The predicted octanol–water partition coefficient (Wildman–Crippen LogP) is 0.803. The summed E-state index contributed by atoms with van der Waals surface area (Å²) < 4.78 is 11.0. The summed E-state index contributed by atoms with van der Waals surface area (Å²) in [6.45, 7) is 7.16. The summed E-state index contributed by atoms with van der Waals surface area (Å²) in [5.74, 6) is 0.832. The lowest BCUT2D eigenvalue weighted by atomic mass is 9.74. The molecule has 26 heavy (non-hydrogen) atoms. The Morgan fingerprint density at radius 2 is 2.08 bits per heavy atom. The van der Waals surface area contributed by atoms with Crippen molar-refractivity contribution >= 4 is 17.7 Å². The van der Waals surface area contributed by atoms with E-state index >= 15 is 0 Å². The number of aromatic nitrogens is 2. The molecular weight excluding hydrogens is 336 g/mol. The number of anilines is 2. The molecule has 1 N–H and O–H groups in total. The van der Waals surface area contributed by atoms with Crippen LogP contribution in [0.5, 0.6) is 0 Å². The number of hydrogen-bond donors (Lipinski definition) is 1. The number of carbonyl (C=O) groups is 1. The molecule has 0 radical (unpaired) electrons. The van der Waals surface area contributed by atoms with Gasteiger partial charge in [-0.3, -0.25) is 4.79 Å². The first-order valence-electron chi connectivity index (χ1n) is 9.39. The molecule has 0 aliphatic carbocycles. The van der Waals surface area contributed by atoms with Crippen molar-refractivity contribution in [3.05, 3.63) is 11.8 Å². The third-order valence-corrected chi connectivity index (χ3v) is 5.87. The van der Waals surface area contributed by atoms with E-state index in [9.17, 15) is 9.90 Å². The number of carboxylic acids is 1. The topological polar surface area (TPSA) is 88.0 Å². The summed E-state index contributed by atoms with van der Waals surface area (Å²) in [6, 6.07) is 2.00. The van der Waals surface area contributed by atoms with Crippen LogP contribution in [0.25, 0.3) is 0 Å². The first-order valence-corrected chi connectivity index (χ1v) is 9.39. The zero-order valence-corrected chi connectivity index (χ0v) is 15.2. The Morgan fingerprint density at radius 1 is 1.27 bits per heavy atom. The van der Waals surface area contributed by atoms with Crippen LogP contribution in [-0.4, -0.2) is 73.7 Å². The molecule has 8 heteroatoms. The number of ether oxygens (including phenoxy) is 2. The molecule has 8 nitrogen and oxygen atoms in total. The minimum atomic E-state index is -0.727. The number of rotatable bonds is 4. The number of carboxylic acid groups (broad SMARTS) is 1. The minimum Gasteiger partial charge on any atom is -0.481 e. The second-order valence-corrected chi connectivity index (χ2v) is 7.33. The van der Waals surface area contributed by atoms with Crippen molar-refractivity contribution in [2.75, 3.05) is 62.4 Å². The fraction of sp³-hybridized carbons (Fsp3) is 0.722. The van der Waals surface area contributed by atoms with Crippen LogP contribution in [0.4, 0.5) is 11.8 Å². The number of aliphatic carboxylic acids is 1. The van der Waals surface area contributed by atoms with Crippen molar-refractivity contribution in [3.8, 4) is 0 Å². The van der Waals surface area contributed by atoms with Gasteiger partial charge in [0.25, 0.3) is 0 Å². The Balaban J connectivity index is 1.64. The molecule has 0 saturated carbocycles. The largest absolute Gasteiger partial charge is 0.481 e. The van der Waals surface area contributed by atoms with Gasteiger partial charge < -0.3 is 24.4 Å². The first kappa shape index (κ1) is 17.5. The van der Waals surface area contributed by atoms with Gasteiger partial charge in [0.15, 0.2) is 0 Å². The zero-order chi connectivity index (χ0) is 18.1. The van der Waals surface area contributed by atoms with Crippen molar-refractivity contribution in [2.24, 2.45) is 11.3 Å². The average Bonchev–Trinajstić information content (AvgIpc) is 3.09. The predicted molar refractivity (Wildman–Crippen MR) is 95.6 cm³/mol. The summed E-state index contributed by atoms with van der Waals surface area (Å²) in [5, 5.41) is 9.89. The minimum absolute atomic E-state index is 0.000582. The average molecular weight is 362 g/mol. The van der Waals surface area contributed by atoms with Gasteiger partial charge in [-0.15, -0.1) is 0 Å². The molecule has 3 fully saturated rings. The van der Waals surface area contributed by atoms with E-state index in [-0.39, 0.29) is 5.92 Å². The third-order valence-electron chi connectivity index (χ3n) is 5.87. The van der Waals surface area contributed by atoms with E-state index in [1.807, 2.05) is 6.07 Å². The highest BCUT2D eigenvalue weighted by Crippen LogP contribution is 2.43. The maximum Gasteiger partial charge on any atom is 0.311 e. The van der Waals surface area contributed by atoms with E-state index in [0.717, 1.165) is 37.0 Å². The van der Waals surface area contributed by atoms with E-state index in [2.05, 4.69) is 21.7 Å². The van der Waals surface area contributed by atoms with Crippen LogP contribution in [0.15, 0.2) is 6.07 Å². The molecule has 3 aliphatic rings. The molecule has 4 rings (SSSR count). The molecule has 0 amide bonds. The smallest absolute Gasteiger partial charge is 0.311 e. The first-order chi connectivity index (χ1) is 12.6. The Labute approximate surface area is 153 Å². The molecule has 4 heterocycles. The van der Waals surface area contributed by atoms with E-state index in [1.165, 1.54) is 0 Å². The van der Waals surface area contributed by atoms with Crippen molar-refractivity contribution in [3.63, 3.8) is 0 Å². The number of fused-ring (bicyclic) bond motifs is 1. The summed E-state index contributed by atoms with van der Waals surface area (Å²) in [6.07, 6.45) is 1.38. The summed E-state index contributed by atoms with van der Waals surface area (Å²) in [7, 11) is 0. The van der Waals surface area contributed by atoms with Gasteiger partial charge in [-0.25, -0.2) is 4.98 Å². The van der Waals surface area contributed by atoms with Crippen LogP contribution in [0.2, 0.25) is 0 Å². The van der Waals surface area contributed by atoms with Gasteiger partial charge in [-0.2, -0.15) is 4.98 Å². The van der Waals surface area contributed by atoms with Crippen molar-refractivity contribution < 1.29 is 19.4 Å². The number of hydrogen-bond acceptors (Lipinski definition) is 7. The zero-order valence-electron chi connectivity index (χ0n) is 15.2. The summed E-state index contributed by atoms with van der Waals surface area (Å²) in [4.78, 5) is 25.8. The molecule has 3 saturated heterocycles. The van der Waals surface area contributed by atoms with Gasteiger partial charge in [-0.05, 0) is 12.8 Å². The lowest BCUT2D eigenvalue weighted by molar-refractivity contribution is -0.157. The van der Waals surface area contributed by atoms with Crippen molar-refractivity contribution in [1.82, 2.24) is 9.97 Å². The van der Waals surface area contributed by atoms with Crippen molar-refractivity contribution in [1.29, 1.82) is 0 Å².